The maximum absolute atomic E-state index is 12.0. The number of ether oxygens (including phenoxy) is 1. The molecule has 0 aromatic heterocycles. The van der Waals surface area contributed by atoms with Gasteiger partial charge in [-0.1, -0.05) is 12.1 Å². The highest BCUT2D eigenvalue weighted by Crippen LogP contribution is 2.21. The Bertz CT molecular complexity index is 519. The molecule has 0 aliphatic rings. The van der Waals surface area contributed by atoms with Crippen LogP contribution in [-0.2, 0) is 9.59 Å². The van der Waals surface area contributed by atoms with Gasteiger partial charge >= 0.3 is 12.1 Å². The number of hydrogen-bond acceptors (Lipinski definition) is 4. The molecule has 2 N–H and O–H groups in total. The fourth-order valence-corrected chi connectivity index (χ4v) is 2.15. The molecule has 0 spiro atoms. The summed E-state index contributed by atoms with van der Waals surface area (Å²) in [4.78, 5) is 22.7. The van der Waals surface area contributed by atoms with Crippen LogP contribution in [0.25, 0.3) is 0 Å². The second kappa shape index (κ2) is 7.92. The summed E-state index contributed by atoms with van der Waals surface area (Å²) in [5, 5.41) is 11.3. The first kappa shape index (κ1) is 18.1. The predicted molar refractivity (Wildman–Crippen MR) is 74.9 cm³/mol. The molecule has 0 fully saturated rings. The van der Waals surface area contributed by atoms with Crippen LogP contribution in [0.3, 0.4) is 0 Å². The molecule has 0 saturated heterocycles. The lowest BCUT2D eigenvalue weighted by Gasteiger charge is -2.15. The van der Waals surface area contributed by atoms with E-state index >= 15 is 0 Å². The maximum Gasteiger partial charge on any atom is 0.397 e. The van der Waals surface area contributed by atoms with Crippen molar-refractivity contribution in [3.05, 3.63) is 29.8 Å². The summed E-state index contributed by atoms with van der Waals surface area (Å²) in [5.41, 5.74) is 0.294. The molecule has 0 bridgehead atoms. The van der Waals surface area contributed by atoms with Crippen molar-refractivity contribution in [2.24, 2.45) is 0 Å². The van der Waals surface area contributed by atoms with Gasteiger partial charge in [0.15, 0.2) is 6.04 Å². The second-order valence-electron chi connectivity index (χ2n) is 4.22. The molecule has 1 aromatic rings. The van der Waals surface area contributed by atoms with Crippen molar-refractivity contribution in [1.29, 1.82) is 0 Å². The SMILES string of the molecule is COc1ccc(C(NC(=O)CSCC(F)(F)F)C(=O)O)cc1. The molecule has 122 valence electrons. The number of nitrogens with one attached hydrogen (secondary N) is 1. The molecule has 1 aromatic carbocycles. The number of halogens is 3. The molecule has 1 amide bonds. The molecule has 9 heteroatoms. The van der Waals surface area contributed by atoms with E-state index in [2.05, 4.69) is 5.32 Å². The van der Waals surface area contributed by atoms with Crippen LogP contribution in [-0.4, -0.2) is 41.8 Å². The molecule has 0 aliphatic heterocycles. The van der Waals surface area contributed by atoms with E-state index in [0.717, 1.165) is 0 Å². The van der Waals surface area contributed by atoms with E-state index in [1.165, 1.54) is 31.4 Å². The fraction of sp³-hybridized carbons (Fsp3) is 0.385. The van der Waals surface area contributed by atoms with Gasteiger partial charge < -0.3 is 15.2 Å². The second-order valence-corrected chi connectivity index (χ2v) is 5.21. The lowest BCUT2D eigenvalue weighted by atomic mass is 10.1. The summed E-state index contributed by atoms with van der Waals surface area (Å²) in [6, 6.07) is 4.64. The quantitative estimate of drug-likeness (QED) is 0.798. The van der Waals surface area contributed by atoms with Crippen molar-refractivity contribution in [2.75, 3.05) is 18.6 Å². The predicted octanol–water partition coefficient (Wildman–Crippen LogP) is 2.23. The first-order valence-electron chi connectivity index (χ1n) is 6.03. The number of hydrogen-bond donors (Lipinski definition) is 2. The van der Waals surface area contributed by atoms with Crippen LogP contribution in [0.4, 0.5) is 13.2 Å². The van der Waals surface area contributed by atoms with E-state index in [1.54, 1.807) is 0 Å². The zero-order valence-corrected chi connectivity index (χ0v) is 12.3. The van der Waals surface area contributed by atoms with Crippen molar-refractivity contribution in [3.63, 3.8) is 0 Å². The van der Waals surface area contributed by atoms with Crippen LogP contribution >= 0.6 is 11.8 Å². The van der Waals surface area contributed by atoms with Gasteiger partial charge in [-0.15, -0.1) is 11.8 Å². The third-order valence-corrected chi connectivity index (χ3v) is 3.50. The zero-order valence-electron chi connectivity index (χ0n) is 11.5. The van der Waals surface area contributed by atoms with Crippen LogP contribution in [0.5, 0.6) is 5.75 Å². The number of methoxy groups -OCH3 is 1. The summed E-state index contributed by atoms with van der Waals surface area (Å²) in [5.74, 6) is -3.21. The highest BCUT2D eigenvalue weighted by atomic mass is 32.2. The van der Waals surface area contributed by atoms with Crippen LogP contribution in [0.1, 0.15) is 11.6 Å². The Morgan fingerprint density at radius 3 is 2.36 bits per heavy atom. The van der Waals surface area contributed by atoms with Crippen molar-refractivity contribution in [3.8, 4) is 5.75 Å². The highest BCUT2D eigenvalue weighted by molar-refractivity contribution is 8.00. The average molecular weight is 337 g/mol. The van der Waals surface area contributed by atoms with Crippen LogP contribution in [0.15, 0.2) is 24.3 Å². The maximum atomic E-state index is 12.0. The summed E-state index contributed by atoms with van der Waals surface area (Å²) in [6.45, 7) is 0. The number of rotatable bonds is 7. The van der Waals surface area contributed by atoms with Gasteiger partial charge in [-0.25, -0.2) is 4.79 Å². The Morgan fingerprint density at radius 2 is 1.91 bits per heavy atom. The Labute approximate surface area is 128 Å². The number of aliphatic carboxylic acids is 1. The van der Waals surface area contributed by atoms with E-state index in [4.69, 9.17) is 9.84 Å². The van der Waals surface area contributed by atoms with E-state index in [1.807, 2.05) is 0 Å². The number of carboxylic acid groups (broad SMARTS) is 1. The Hall–Kier alpha value is -1.90. The molecule has 0 radical (unpaired) electrons. The Balaban J connectivity index is 2.63. The van der Waals surface area contributed by atoms with E-state index in [9.17, 15) is 22.8 Å². The largest absolute Gasteiger partial charge is 0.497 e. The smallest absolute Gasteiger partial charge is 0.397 e. The van der Waals surface area contributed by atoms with E-state index in [-0.39, 0.29) is 0 Å². The molecule has 1 rings (SSSR count). The number of carboxylic acids is 1. The third kappa shape index (κ3) is 6.25. The monoisotopic (exact) mass is 337 g/mol. The van der Waals surface area contributed by atoms with Gasteiger partial charge in [-0.2, -0.15) is 13.2 Å². The summed E-state index contributed by atoms with van der Waals surface area (Å²) >= 11 is 0.373. The van der Waals surface area contributed by atoms with Gasteiger partial charge in [-0.05, 0) is 17.7 Å². The Kier molecular flexibility index (Phi) is 6.54. The lowest BCUT2D eigenvalue weighted by molar-refractivity contribution is -0.141. The zero-order chi connectivity index (χ0) is 16.8. The Morgan fingerprint density at radius 1 is 1.32 bits per heavy atom. The number of alkyl halides is 3. The highest BCUT2D eigenvalue weighted by Gasteiger charge is 2.28. The van der Waals surface area contributed by atoms with Gasteiger partial charge in [0.05, 0.1) is 18.6 Å². The van der Waals surface area contributed by atoms with E-state index in [0.29, 0.717) is 23.1 Å². The van der Waals surface area contributed by atoms with Crippen molar-refractivity contribution in [2.45, 2.75) is 12.2 Å². The minimum Gasteiger partial charge on any atom is -0.497 e. The summed E-state index contributed by atoms with van der Waals surface area (Å²) in [7, 11) is 1.45. The minimum atomic E-state index is -4.37. The van der Waals surface area contributed by atoms with Gasteiger partial charge in [0.25, 0.3) is 0 Å². The molecule has 0 aliphatic carbocycles. The molecular weight excluding hydrogens is 323 g/mol. The molecule has 5 nitrogen and oxygen atoms in total. The lowest BCUT2D eigenvalue weighted by Crippen LogP contribution is -2.35. The van der Waals surface area contributed by atoms with Crippen LogP contribution in [0, 0.1) is 0 Å². The minimum absolute atomic E-state index is 0.294. The normalized spacial score (nSPS) is 12.5. The number of amides is 1. The third-order valence-electron chi connectivity index (χ3n) is 2.50. The molecular formula is C13H14F3NO4S. The number of benzene rings is 1. The molecule has 22 heavy (non-hydrogen) atoms. The molecule has 1 atom stereocenters. The van der Waals surface area contributed by atoms with Crippen LogP contribution in [0.2, 0.25) is 0 Å². The summed E-state index contributed by atoms with van der Waals surface area (Å²) < 4.78 is 40.9. The average Bonchev–Trinajstić information content (AvgIpc) is 2.43. The topological polar surface area (TPSA) is 75.6 Å². The van der Waals surface area contributed by atoms with Crippen molar-refractivity contribution < 1.29 is 32.6 Å². The van der Waals surface area contributed by atoms with Gasteiger partial charge in [-0.3, -0.25) is 4.79 Å². The van der Waals surface area contributed by atoms with Gasteiger partial charge in [0.1, 0.15) is 5.75 Å². The molecule has 0 saturated carbocycles. The number of carbonyl (C=O) groups is 2. The summed E-state index contributed by atoms with van der Waals surface area (Å²) in [6.07, 6.45) is -4.37. The fourth-order valence-electron chi connectivity index (χ4n) is 1.55. The van der Waals surface area contributed by atoms with Gasteiger partial charge in [0, 0.05) is 0 Å². The first-order valence-corrected chi connectivity index (χ1v) is 7.19. The number of thioether (sulfide) groups is 1. The van der Waals surface area contributed by atoms with Crippen molar-refractivity contribution in [1.82, 2.24) is 5.32 Å². The number of carbonyl (C=O) groups excluding carboxylic acids is 1. The standard InChI is InChI=1S/C13H14F3NO4S/c1-21-9-4-2-8(3-5-9)11(12(19)20)17-10(18)6-22-7-13(14,15)16/h2-5,11H,6-7H2,1H3,(H,17,18)(H,19,20). The van der Waals surface area contributed by atoms with Crippen LogP contribution < -0.4 is 10.1 Å². The van der Waals surface area contributed by atoms with E-state index < -0.39 is 35.6 Å². The molecule has 1 unspecified atom stereocenters. The first-order chi connectivity index (χ1) is 10.2. The molecule has 0 heterocycles. The van der Waals surface area contributed by atoms with Crippen molar-refractivity contribution >= 4 is 23.6 Å². The van der Waals surface area contributed by atoms with Gasteiger partial charge in [0.2, 0.25) is 5.91 Å².